The predicted molar refractivity (Wildman–Crippen MR) is 121 cm³/mol. The van der Waals surface area contributed by atoms with Crippen molar-refractivity contribution in [2.24, 2.45) is 5.92 Å². The van der Waals surface area contributed by atoms with Crippen molar-refractivity contribution < 1.29 is 14.3 Å². The van der Waals surface area contributed by atoms with Crippen molar-refractivity contribution in [1.82, 2.24) is 10.2 Å². The van der Waals surface area contributed by atoms with Crippen molar-refractivity contribution >= 4 is 17.5 Å². The zero-order valence-electron chi connectivity index (χ0n) is 18.1. The molecule has 0 aromatic heterocycles. The number of likely N-dealkylation sites (tertiary alicyclic amines) is 1. The first-order chi connectivity index (χ1) is 15.1. The number of rotatable bonds is 7. The zero-order chi connectivity index (χ0) is 21.6. The minimum atomic E-state index is -0.136. The van der Waals surface area contributed by atoms with E-state index < -0.39 is 0 Å². The highest BCUT2D eigenvalue weighted by atomic mass is 16.5. The Hall–Kier alpha value is -2.86. The molecule has 6 heteroatoms. The van der Waals surface area contributed by atoms with Gasteiger partial charge < -0.3 is 15.4 Å². The summed E-state index contributed by atoms with van der Waals surface area (Å²) in [6, 6.07) is 16.2. The van der Waals surface area contributed by atoms with Gasteiger partial charge in [0.1, 0.15) is 5.75 Å². The summed E-state index contributed by atoms with van der Waals surface area (Å²) in [7, 11) is 1.70. The minimum absolute atomic E-state index is 0.0242. The second kappa shape index (κ2) is 9.96. The Balaban J connectivity index is 1.20. The van der Waals surface area contributed by atoms with Crippen LogP contribution in [-0.4, -0.2) is 43.0 Å². The number of benzene rings is 2. The van der Waals surface area contributed by atoms with Crippen molar-refractivity contribution in [3.05, 3.63) is 59.7 Å². The molecule has 2 heterocycles. The van der Waals surface area contributed by atoms with Gasteiger partial charge in [0.2, 0.25) is 11.8 Å². The zero-order valence-corrected chi connectivity index (χ0v) is 18.1. The molecule has 2 aromatic carbocycles. The Morgan fingerprint density at radius 1 is 1.13 bits per heavy atom. The van der Waals surface area contributed by atoms with Gasteiger partial charge in [0.15, 0.2) is 0 Å². The number of piperidine rings is 1. The molecule has 0 aliphatic carbocycles. The highest BCUT2D eigenvalue weighted by Crippen LogP contribution is 2.27. The molecular weight excluding hydrogens is 390 g/mol. The SMILES string of the molecule is COc1ccccc1CN1CCC(NC(=O)CCC2Cc3ccccc3NC2=O)CC1. The molecule has 0 bridgehead atoms. The number of methoxy groups -OCH3 is 1. The van der Waals surface area contributed by atoms with E-state index in [1.54, 1.807) is 7.11 Å². The Bertz CT molecular complexity index is 922. The normalized spacial score (nSPS) is 19.4. The third-order valence-electron chi connectivity index (χ3n) is 6.37. The quantitative estimate of drug-likeness (QED) is 0.719. The molecule has 31 heavy (non-hydrogen) atoms. The third-order valence-corrected chi connectivity index (χ3v) is 6.37. The number of amides is 2. The standard InChI is InChI=1S/C25H31N3O3/c1-31-23-9-5-3-7-20(23)17-28-14-12-21(13-15-28)26-24(29)11-10-19-16-18-6-2-4-8-22(18)27-25(19)30/h2-9,19,21H,10-17H2,1H3,(H,26,29)(H,27,30). The van der Waals surface area contributed by atoms with Crippen LogP contribution in [0.2, 0.25) is 0 Å². The van der Waals surface area contributed by atoms with E-state index in [1.165, 1.54) is 5.56 Å². The fourth-order valence-electron chi connectivity index (χ4n) is 4.56. The highest BCUT2D eigenvalue weighted by molar-refractivity contribution is 5.96. The van der Waals surface area contributed by atoms with Gasteiger partial charge in [-0.1, -0.05) is 36.4 Å². The van der Waals surface area contributed by atoms with Gasteiger partial charge >= 0.3 is 0 Å². The number of carbonyl (C=O) groups is 2. The van der Waals surface area contributed by atoms with Crippen LogP contribution in [0.1, 0.15) is 36.8 Å². The monoisotopic (exact) mass is 421 g/mol. The summed E-state index contributed by atoms with van der Waals surface area (Å²) in [6.07, 6.45) is 3.56. The molecule has 0 spiro atoms. The van der Waals surface area contributed by atoms with Crippen molar-refractivity contribution in [2.75, 3.05) is 25.5 Å². The lowest BCUT2D eigenvalue weighted by molar-refractivity contribution is -0.123. The predicted octanol–water partition coefficient (Wildman–Crippen LogP) is 3.37. The maximum Gasteiger partial charge on any atom is 0.227 e. The molecule has 2 amide bonds. The highest BCUT2D eigenvalue weighted by Gasteiger charge is 2.27. The van der Waals surface area contributed by atoms with Crippen LogP contribution in [0.3, 0.4) is 0 Å². The maximum atomic E-state index is 12.5. The van der Waals surface area contributed by atoms with Crippen molar-refractivity contribution in [1.29, 1.82) is 0 Å². The van der Waals surface area contributed by atoms with Gasteiger partial charge in [-0.2, -0.15) is 0 Å². The first kappa shape index (κ1) is 21.4. The second-order valence-corrected chi connectivity index (χ2v) is 8.52. The summed E-state index contributed by atoms with van der Waals surface area (Å²) in [5.41, 5.74) is 3.24. The number of carbonyl (C=O) groups excluding carboxylic acids is 2. The molecule has 2 aliphatic heterocycles. The van der Waals surface area contributed by atoms with Crippen molar-refractivity contribution in [3.8, 4) is 5.75 Å². The number of hydrogen-bond donors (Lipinski definition) is 2. The molecule has 4 rings (SSSR count). The van der Waals surface area contributed by atoms with E-state index >= 15 is 0 Å². The van der Waals surface area contributed by atoms with Crippen molar-refractivity contribution in [2.45, 2.75) is 44.7 Å². The fourth-order valence-corrected chi connectivity index (χ4v) is 4.56. The van der Waals surface area contributed by atoms with E-state index in [1.807, 2.05) is 42.5 Å². The lowest BCUT2D eigenvalue weighted by atomic mass is 9.89. The Kier molecular flexibility index (Phi) is 6.87. The van der Waals surface area contributed by atoms with Crippen LogP contribution >= 0.6 is 0 Å². The molecule has 1 unspecified atom stereocenters. The van der Waals surface area contributed by atoms with Gasteiger partial charge in [0.05, 0.1) is 7.11 Å². The summed E-state index contributed by atoms with van der Waals surface area (Å²) in [6.45, 7) is 2.76. The van der Waals surface area contributed by atoms with Gasteiger partial charge in [-0.3, -0.25) is 14.5 Å². The molecule has 1 fully saturated rings. The van der Waals surface area contributed by atoms with Crippen LogP contribution in [0.25, 0.3) is 0 Å². The van der Waals surface area contributed by atoms with E-state index in [9.17, 15) is 9.59 Å². The molecule has 0 saturated carbocycles. The van der Waals surface area contributed by atoms with E-state index in [0.717, 1.165) is 49.5 Å². The van der Waals surface area contributed by atoms with Crippen molar-refractivity contribution in [3.63, 3.8) is 0 Å². The molecule has 2 aromatic rings. The van der Waals surface area contributed by atoms with E-state index in [2.05, 4.69) is 21.6 Å². The van der Waals surface area contributed by atoms with Gasteiger partial charge in [0.25, 0.3) is 0 Å². The van der Waals surface area contributed by atoms with Crippen LogP contribution in [-0.2, 0) is 22.6 Å². The Morgan fingerprint density at radius 2 is 1.87 bits per heavy atom. The number of anilines is 1. The molecule has 6 nitrogen and oxygen atoms in total. The number of hydrogen-bond acceptors (Lipinski definition) is 4. The Labute approximate surface area is 184 Å². The molecule has 2 N–H and O–H groups in total. The fraction of sp³-hybridized carbons (Fsp3) is 0.440. The molecule has 164 valence electrons. The first-order valence-corrected chi connectivity index (χ1v) is 11.1. The maximum absolute atomic E-state index is 12.5. The first-order valence-electron chi connectivity index (χ1n) is 11.1. The van der Waals surface area contributed by atoms with Gasteiger partial charge in [-0.05, 0) is 43.4 Å². The molecule has 1 saturated heterocycles. The number of fused-ring (bicyclic) bond motifs is 1. The largest absolute Gasteiger partial charge is 0.496 e. The summed E-state index contributed by atoms with van der Waals surface area (Å²) >= 11 is 0. The lowest BCUT2D eigenvalue weighted by Crippen LogP contribution is -2.44. The van der Waals surface area contributed by atoms with Crippen LogP contribution < -0.4 is 15.4 Å². The van der Waals surface area contributed by atoms with Crippen LogP contribution in [0.5, 0.6) is 5.75 Å². The third kappa shape index (κ3) is 5.44. The van der Waals surface area contributed by atoms with Crippen LogP contribution in [0.15, 0.2) is 48.5 Å². The van der Waals surface area contributed by atoms with Gasteiger partial charge in [-0.15, -0.1) is 0 Å². The minimum Gasteiger partial charge on any atom is -0.496 e. The number of nitrogens with one attached hydrogen (secondary N) is 2. The summed E-state index contributed by atoms with van der Waals surface area (Å²) in [4.78, 5) is 27.2. The smallest absolute Gasteiger partial charge is 0.227 e. The average Bonchev–Trinajstić information content (AvgIpc) is 2.79. The molecular formula is C25H31N3O3. The Morgan fingerprint density at radius 3 is 2.68 bits per heavy atom. The van der Waals surface area contributed by atoms with E-state index in [4.69, 9.17) is 4.74 Å². The van der Waals surface area contributed by atoms with Gasteiger partial charge in [0, 0.05) is 49.3 Å². The van der Waals surface area contributed by atoms with Crippen LogP contribution in [0.4, 0.5) is 5.69 Å². The topological polar surface area (TPSA) is 70.7 Å². The molecule has 0 radical (unpaired) electrons. The summed E-state index contributed by atoms with van der Waals surface area (Å²) < 4.78 is 5.45. The number of para-hydroxylation sites is 2. The van der Waals surface area contributed by atoms with E-state index in [0.29, 0.717) is 19.3 Å². The lowest BCUT2D eigenvalue weighted by Gasteiger charge is -2.32. The summed E-state index contributed by atoms with van der Waals surface area (Å²) in [5, 5.41) is 6.14. The second-order valence-electron chi connectivity index (χ2n) is 8.52. The number of nitrogens with zero attached hydrogens (tertiary/aromatic N) is 1. The van der Waals surface area contributed by atoms with Crippen LogP contribution in [0, 0.1) is 5.92 Å². The molecule has 2 aliphatic rings. The number of ether oxygens (including phenoxy) is 1. The molecule has 1 atom stereocenters. The summed E-state index contributed by atoms with van der Waals surface area (Å²) in [5.74, 6) is 0.863. The van der Waals surface area contributed by atoms with E-state index in [-0.39, 0.29) is 23.8 Å². The van der Waals surface area contributed by atoms with Gasteiger partial charge in [-0.25, -0.2) is 0 Å². The average molecular weight is 422 g/mol.